The van der Waals surface area contributed by atoms with Gasteiger partial charge in [0.05, 0.1) is 0 Å². The average Bonchev–Trinajstić information content (AvgIpc) is 2.19. The highest BCUT2D eigenvalue weighted by atomic mass is 32.2. The van der Waals surface area contributed by atoms with Crippen molar-refractivity contribution in [3.63, 3.8) is 0 Å². The Labute approximate surface area is 80.7 Å². The Hall–Kier alpha value is -1.10. The van der Waals surface area contributed by atoms with Crippen LogP contribution < -0.4 is 0 Å². The van der Waals surface area contributed by atoms with Crippen molar-refractivity contribution < 1.29 is 9.53 Å². The Morgan fingerprint density at radius 3 is 2.85 bits per heavy atom. The third-order valence-corrected chi connectivity index (χ3v) is 1.84. The Morgan fingerprint density at radius 2 is 2.23 bits per heavy atom. The van der Waals surface area contributed by atoms with E-state index in [4.69, 9.17) is 4.74 Å². The highest BCUT2D eigenvalue weighted by molar-refractivity contribution is 7.98. The lowest BCUT2D eigenvalue weighted by atomic mass is 10.5. The normalized spacial score (nSPS) is 9.62. The van der Waals surface area contributed by atoms with E-state index >= 15 is 0 Å². The summed E-state index contributed by atoms with van der Waals surface area (Å²) in [4.78, 5) is 18.7. The number of ether oxygens (including phenoxy) is 1. The van der Waals surface area contributed by atoms with Crippen molar-refractivity contribution in [2.45, 2.75) is 0 Å². The molecule has 0 spiro atoms. The van der Waals surface area contributed by atoms with Gasteiger partial charge < -0.3 is 4.74 Å². The predicted molar refractivity (Wildman–Crippen MR) is 50.7 cm³/mol. The predicted octanol–water partition coefficient (Wildman–Crippen LogP) is 0.996. The van der Waals surface area contributed by atoms with Crippen LogP contribution in [-0.4, -0.2) is 34.6 Å². The van der Waals surface area contributed by atoms with E-state index in [0.29, 0.717) is 6.61 Å². The van der Waals surface area contributed by atoms with Gasteiger partial charge in [-0.05, 0) is 12.3 Å². The summed E-state index contributed by atoms with van der Waals surface area (Å²) in [5, 5.41) is 0. The number of aromatic nitrogens is 2. The van der Waals surface area contributed by atoms with Crippen molar-refractivity contribution >= 4 is 17.7 Å². The molecule has 1 rings (SSSR count). The van der Waals surface area contributed by atoms with E-state index in [-0.39, 0.29) is 5.82 Å². The Balaban J connectivity index is 2.40. The fraction of sp³-hybridized carbons (Fsp3) is 0.375. The molecule has 0 radical (unpaired) electrons. The fourth-order valence-electron chi connectivity index (χ4n) is 0.687. The van der Waals surface area contributed by atoms with Gasteiger partial charge in [-0.25, -0.2) is 14.8 Å². The van der Waals surface area contributed by atoms with Crippen LogP contribution in [0, 0.1) is 0 Å². The third-order valence-electron chi connectivity index (χ3n) is 1.27. The van der Waals surface area contributed by atoms with Crippen LogP contribution in [0.25, 0.3) is 0 Å². The van der Waals surface area contributed by atoms with Crippen LogP contribution in [0.5, 0.6) is 0 Å². The number of hydrogen-bond acceptors (Lipinski definition) is 5. The number of esters is 1. The number of carbonyl (C=O) groups is 1. The molecule has 5 heteroatoms. The number of nitrogens with zero attached hydrogens (tertiary/aromatic N) is 2. The summed E-state index contributed by atoms with van der Waals surface area (Å²) < 4.78 is 4.88. The Kier molecular flexibility index (Phi) is 4.25. The van der Waals surface area contributed by atoms with Crippen molar-refractivity contribution in [3.8, 4) is 0 Å². The zero-order chi connectivity index (χ0) is 9.52. The molecule has 13 heavy (non-hydrogen) atoms. The number of hydrogen-bond donors (Lipinski definition) is 0. The van der Waals surface area contributed by atoms with Gasteiger partial charge in [0.15, 0.2) is 0 Å². The molecular formula is C8H10N2O2S. The smallest absolute Gasteiger partial charge is 0.376 e. The summed E-state index contributed by atoms with van der Waals surface area (Å²) in [7, 11) is 0. The lowest BCUT2D eigenvalue weighted by Gasteiger charge is -2.00. The quantitative estimate of drug-likeness (QED) is 0.533. The molecule has 0 bridgehead atoms. The molecule has 0 aliphatic rings. The molecule has 0 aliphatic carbocycles. The Morgan fingerprint density at radius 1 is 1.54 bits per heavy atom. The summed E-state index contributed by atoms with van der Waals surface area (Å²) in [5.41, 5.74) is 0. The summed E-state index contributed by atoms with van der Waals surface area (Å²) in [6.07, 6.45) is 4.98. The second kappa shape index (κ2) is 5.53. The molecule has 0 aromatic carbocycles. The van der Waals surface area contributed by atoms with Gasteiger partial charge in [-0.1, -0.05) is 0 Å². The van der Waals surface area contributed by atoms with E-state index in [1.165, 1.54) is 12.4 Å². The third kappa shape index (κ3) is 3.42. The van der Waals surface area contributed by atoms with E-state index in [2.05, 4.69) is 9.97 Å². The van der Waals surface area contributed by atoms with E-state index in [1.807, 2.05) is 6.26 Å². The van der Waals surface area contributed by atoms with Gasteiger partial charge in [-0.3, -0.25) is 0 Å². The number of rotatable bonds is 4. The maximum absolute atomic E-state index is 11.2. The zero-order valence-corrected chi connectivity index (χ0v) is 8.08. The van der Waals surface area contributed by atoms with Crippen LogP contribution in [0.15, 0.2) is 18.5 Å². The molecule has 1 aromatic heterocycles. The highest BCUT2D eigenvalue weighted by Gasteiger charge is 2.08. The van der Waals surface area contributed by atoms with Crippen LogP contribution in [0.2, 0.25) is 0 Å². The molecule has 0 unspecified atom stereocenters. The second-order valence-electron chi connectivity index (χ2n) is 2.20. The van der Waals surface area contributed by atoms with Gasteiger partial charge in [0.25, 0.3) is 0 Å². The molecular weight excluding hydrogens is 188 g/mol. The molecule has 0 saturated carbocycles. The number of carbonyl (C=O) groups excluding carboxylic acids is 1. The highest BCUT2D eigenvalue weighted by Crippen LogP contribution is 1.95. The van der Waals surface area contributed by atoms with Crippen molar-refractivity contribution in [1.29, 1.82) is 0 Å². The topological polar surface area (TPSA) is 52.1 Å². The Bertz CT molecular complexity index is 266. The van der Waals surface area contributed by atoms with Gasteiger partial charge in [0.1, 0.15) is 6.61 Å². The van der Waals surface area contributed by atoms with Crippen LogP contribution in [-0.2, 0) is 4.74 Å². The van der Waals surface area contributed by atoms with Crippen molar-refractivity contribution in [2.75, 3.05) is 18.6 Å². The molecule has 0 atom stereocenters. The molecule has 1 heterocycles. The molecule has 70 valence electrons. The van der Waals surface area contributed by atoms with Crippen LogP contribution in [0.1, 0.15) is 10.6 Å². The minimum Gasteiger partial charge on any atom is -0.459 e. The summed E-state index contributed by atoms with van der Waals surface area (Å²) in [5.74, 6) is 0.441. The van der Waals surface area contributed by atoms with E-state index in [9.17, 15) is 4.79 Å². The zero-order valence-electron chi connectivity index (χ0n) is 7.27. The van der Waals surface area contributed by atoms with E-state index in [0.717, 1.165) is 5.75 Å². The SMILES string of the molecule is CSCCOC(=O)c1ncccn1. The maximum atomic E-state index is 11.2. The monoisotopic (exact) mass is 198 g/mol. The molecule has 4 nitrogen and oxygen atoms in total. The van der Waals surface area contributed by atoms with Gasteiger partial charge in [0, 0.05) is 18.1 Å². The lowest BCUT2D eigenvalue weighted by Crippen LogP contribution is -2.11. The minimum absolute atomic E-state index is 0.114. The molecule has 0 aliphatic heterocycles. The first-order valence-electron chi connectivity index (χ1n) is 3.77. The first kappa shape index (κ1) is 9.98. The summed E-state index contributed by atoms with van der Waals surface area (Å²) >= 11 is 1.62. The maximum Gasteiger partial charge on any atom is 0.376 e. The van der Waals surface area contributed by atoms with Gasteiger partial charge in [-0.15, -0.1) is 0 Å². The van der Waals surface area contributed by atoms with E-state index < -0.39 is 5.97 Å². The van der Waals surface area contributed by atoms with Crippen LogP contribution in [0.4, 0.5) is 0 Å². The van der Waals surface area contributed by atoms with Gasteiger partial charge in [0.2, 0.25) is 5.82 Å². The molecule has 0 amide bonds. The minimum atomic E-state index is -0.463. The fourth-order valence-corrected chi connectivity index (χ4v) is 0.937. The first-order valence-corrected chi connectivity index (χ1v) is 5.17. The standard InChI is InChI=1S/C8H10N2O2S/c1-13-6-5-12-8(11)7-9-3-2-4-10-7/h2-4H,5-6H2,1H3. The van der Waals surface area contributed by atoms with Crippen molar-refractivity contribution in [2.24, 2.45) is 0 Å². The molecule has 1 aromatic rings. The van der Waals surface area contributed by atoms with Crippen molar-refractivity contribution in [3.05, 3.63) is 24.3 Å². The molecule has 0 N–H and O–H groups in total. The summed E-state index contributed by atoms with van der Waals surface area (Å²) in [6, 6.07) is 1.65. The van der Waals surface area contributed by atoms with Gasteiger partial charge in [-0.2, -0.15) is 11.8 Å². The second-order valence-corrected chi connectivity index (χ2v) is 3.19. The van der Waals surface area contributed by atoms with Crippen molar-refractivity contribution in [1.82, 2.24) is 9.97 Å². The van der Waals surface area contributed by atoms with Gasteiger partial charge >= 0.3 is 5.97 Å². The summed E-state index contributed by atoms with van der Waals surface area (Å²) in [6.45, 7) is 0.401. The lowest BCUT2D eigenvalue weighted by molar-refractivity contribution is 0.0516. The molecule has 0 saturated heterocycles. The van der Waals surface area contributed by atoms with Crippen LogP contribution >= 0.6 is 11.8 Å². The van der Waals surface area contributed by atoms with Crippen LogP contribution in [0.3, 0.4) is 0 Å². The molecule has 0 fully saturated rings. The van der Waals surface area contributed by atoms with E-state index in [1.54, 1.807) is 17.8 Å². The average molecular weight is 198 g/mol. The largest absolute Gasteiger partial charge is 0.459 e. The first-order chi connectivity index (χ1) is 6.34. The number of thioether (sulfide) groups is 1.